The van der Waals surface area contributed by atoms with Gasteiger partial charge in [0.2, 0.25) is 0 Å². The molecule has 0 atom stereocenters. The molecule has 0 aromatic heterocycles. The molecule has 0 heterocycles. The van der Waals surface area contributed by atoms with Crippen molar-refractivity contribution in [1.29, 1.82) is 0 Å². The summed E-state index contributed by atoms with van der Waals surface area (Å²) in [5.41, 5.74) is 2.34. The van der Waals surface area contributed by atoms with Gasteiger partial charge >= 0.3 is 0 Å². The van der Waals surface area contributed by atoms with Gasteiger partial charge in [-0.3, -0.25) is 9.10 Å². The fourth-order valence-electron chi connectivity index (χ4n) is 2.79. The normalized spacial score (nSPS) is 11.1. The Labute approximate surface area is 181 Å². The Morgan fingerprint density at radius 2 is 1.47 bits per heavy atom. The van der Waals surface area contributed by atoms with Crippen LogP contribution in [0.4, 0.5) is 17.1 Å². The third-order valence-corrected chi connectivity index (χ3v) is 6.62. The maximum Gasteiger partial charge on any atom is 0.264 e. The molecule has 30 heavy (non-hydrogen) atoms. The summed E-state index contributed by atoms with van der Waals surface area (Å²) < 4.78 is 27.2. The number of hydrogen-bond donors (Lipinski definition) is 1. The molecule has 0 spiro atoms. The van der Waals surface area contributed by atoms with E-state index in [9.17, 15) is 13.2 Å². The van der Waals surface area contributed by atoms with Crippen molar-refractivity contribution >= 4 is 44.6 Å². The van der Waals surface area contributed by atoms with Gasteiger partial charge < -0.3 is 10.2 Å². The molecule has 3 aromatic rings. The lowest BCUT2D eigenvalue weighted by Gasteiger charge is -2.20. The van der Waals surface area contributed by atoms with Crippen LogP contribution >= 0.6 is 11.6 Å². The number of anilines is 3. The predicted octanol–water partition coefficient (Wildman–Crippen LogP) is 4.48. The number of carbonyl (C=O) groups excluding carboxylic acids is 1. The second-order valence-corrected chi connectivity index (χ2v) is 9.28. The number of sulfonamides is 1. The highest BCUT2D eigenvalue weighted by Crippen LogP contribution is 2.24. The molecule has 0 radical (unpaired) electrons. The van der Waals surface area contributed by atoms with E-state index in [1.807, 2.05) is 31.1 Å². The molecule has 3 rings (SSSR count). The standard InChI is InChI=1S/C22H22ClN3O3S/c1-25(2)19-13-9-18(10-14-19)24-22(27)16-5-4-6-21(15-16)30(28,29)26(3)20-11-7-17(23)8-12-20/h4-15H,1-3H3,(H,24,27). The van der Waals surface area contributed by atoms with Gasteiger partial charge in [-0.15, -0.1) is 0 Å². The third kappa shape index (κ3) is 4.75. The number of rotatable bonds is 6. The maximum atomic E-state index is 13.0. The molecular weight excluding hydrogens is 422 g/mol. The van der Waals surface area contributed by atoms with E-state index in [4.69, 9.17) is 11.6 Å². The van der Waals surface area contributed by atoms with Gasteiger partial charge in [0.25, 0.3) is 15.9 Å². The number of nitrogens with zero attached hydrogens (tertiary/aromatic N) is 2. The molecule has 0 bridgehead atoms. The third-order valence-electron chi connectivity index (χ3n) is 4.59. The fraction of sp³-hybridized carbons (Fsp3) is 0.136. The summed E-state index contributed by atoms with van der Waals surface area (Å²) in [6, 6.07) is 19.8. The van der Waals surface area contributed by atoms with Crippen LogP contribution in [-0.2, 0) is 10.0 Å². The van der Waals surface area contributed by atoms with Crippen LogP contribution in [0.2, 0.25) is 5.02 Å². The van der Waals surface area contributed by atoms with Crippen LogP contribution in [0.15, 0.2) is 77.7 Å². The van der Waals surface area contributed by atoms with Crippen LogP contribution in [0.1, 0.15) is 10.4 Å². The van der Waals surface area contributed by atoms with Crippen LogP contribution in [0.25, 0.3) is 0 Å². The van der Waals surface area contributed by atoms with Gasteiger partial charge in [0, 0.05) is 43.1 Å². The Morgan fingerprint density at radius 1 is 0.867 bits per heavy atom. The summed E-state index contributed by atoms with van der Waals surface area (Å²) in [5, 5.41) is 3.31. The molecule has 1 N–H and O–H groups in total. The van der Waals surface area contributed by atoms with E-state index in [-0.39, 0.29) is 10.5 Å². The Balaban J connectivity index is 1.82. The quantitative estimate of drug-likeness (QED) is 0.609. The lowest BCUT2D eigenvalue weighted by Crippen LogP contribution is -2.26. The average molecular weight is 444 g/mol. The number of nitrogens with one attached hydrogen (secondary N) is 1. The first-order valence-electron chi connectivity index (χ1n) is 9.12. The summed E-state index contributed by atoms with van der Waals surface area (Å²) >= 11 is 5.88. The highest BCUT2D eigenvalue weighted by atomic mass is 35.5. The first-order chi connectivity index (χ1) is 14.2. The van der Waals surface area contributed by atoms with Crippen molar-refractivity contribution in [3.8, 4) is 0 Å². The molecule has 0 saturated heterocycles. The molecular formula is C22H22ClN3O3S. The Hall–Kier alpha value is -3.03. The number of hydrogen-bond acceptors (Lipinski definition) is 4. The van der Waals surface area contributed by atoms with E-state index in [1.165, 1.54) is 19.2 Å². The van der Waals surface area contributed by atoms with E-state index < -0.39 is 15.9 Å². The largest absolute Gasteiger partial charge is 0.378 e. The van der Waals surface area contributed by atoms with Crippen molar-refractivity contribution in [2.24, 2.45) is 0 Å². The van der Waals surface area contributed by atoms with Crippen LogP contribution in [0.3, 0.4) is 0 Å². The van der Waals surface area contributed by atoms with Gasteiger partial charge in [0.15, 0.2) is 0 Å². The van der Waals surface area contributed by atoms with Crippen molar-refractivity contribution in [2.45, 2.75) is 4.90 Å². The number of amides is 1. The van der Waals surface area contributed by atoms with Crippen LogP contribution in [-0.4, -0.2) is 35.5 Å². The van der Waals surface area contributed by atoms with E-state index in [2.05, 4.69) is 5.32 Å². The monoisotopic (exact) mass is 443 g/mol. The molecule has 3 aromatic carbocycles. The van der Waals surface area contributed by atoms with Gasteiger partial charge in [0.05, 0.1) is 10.6 Å². The van der Waals surface area contributed by atoms with E-state index in [0.717, 1.165) is 9.99 Å². The lowest BCUT2D eigenvalue weighted by atomic mass is 10.2. The molecule has 156 valence electrons. The predicted molar refractivity (Wildman–Crippen MR) is 122 cm³/mol. The van der Waals surface area contributed by atoms with Gasteiger partial charge in [0.1, 0.15) is 0 Å². The van der Waals surface area contributed by atoms with Crippen molar-refractivity contribution in [2.75, 3.05) is 35.7 Å². The smallest absolute Gasteiger partial charge is 0.264 e. The highest BCUT2D eigenvalue weighted by Gasteiger charge is 2.22. The molecule has 0 aliphatic heterocycles. The van der Waals surface area contributed by atoms with E-state index in [1.54, 1.807) is 48.5 Å². The van der Waals surface area contributed by atoms with Crippen molar-refractivity contribution in [3.63, 3.8) is 0 Å². The minimum atomic E-state index is -3.84. The van der Waals surface area contributed by atoms with Crippen molar-refractivity contribution in [3.05, 3.63) is 83.4 Å². The molecule has 0 aliphatic rings. The molecule has 1 amide bonds. The summed E-state index contributed by atoms with van der Waals surface area (Å²) in [7, 11) is 1.47. The first kappa shape index (κ1) is 21.7. The zero-order valence-electron chi connectivity index (χ0n) is 16.8. The average Bonchev–Trinajstić information content (AvgIpc) is 2.74. The minimum Gasteiger partial charge on any atom is -0.378 e. The molecule has 0 unspecified atom stereocenters. The minimum absolute atomic E-state index is 0.0237. The van der Waals surface area contributed by atoms with Crippen LogP contribution in [0.5, 0.6) is 0 Å². The van der Waals surface area contributed by atoms with Gasteiger partial charge in [-0.2, -0.15) is 0 Å². The SMILES string of the molecule is CN(C)c1ccc(NC(=O)c2cccc(S(=O)(=O)N(C)c3ccc(Cl)cc3)c2)cc1. The van der Waals surface area contributed by atoms with Crippen molar-refractivity contribution in [1.82, 2.24) is 0 Å². The summed E-state index contributed by atoms with van der Waals surface area (Å²) in [4.78, 5) is 14.6. The summed E-state index contributed by atoms with van der Waals surface area (Å²) in [6.07, 6.45) is 0. The summed E-state index contributed by atoms with van der Waals surface area (Å²) in [5.74, 6) is -0.390. The molecule has 0 fully saturated rings. The summed E-state index contributed by atoms with van der Waals surface area (Å²) in [6.45, 7) is 0. The van der Waals surface area contributed by atoms with Crippen LogP contribution < -0.4 is 14.5 Å². The van der Waals surface area contributed by atoms with E-state index in [0.29, 0.717) is 16.4 Å². The van der Waals surface area contributed by atoms with Gasteiger partial charge in [-0.25, -0.2) is 8.42 Å². The number of halogens is 1. The second-order valence-electron chi connectivity index (χ2n) is 6.87. The number of carbonyl (C=O) groups is 1. The van der Waals surface area contributed by atoms with Crippen LogP contribution in [0, 0.1) is 0 Å². The molecule has 6 nitrogen and oxygen atoms in total. The first-order valence-corrected chi connectivity index (χ1v) is 10.9. The second kappa shape index (κ2) is 8.77. The van der Waals surface area contributed by atoms with Gasteiger partial charge in [-0.05, 0) is 66.7 Å². The van der Waals surface area contributed by atoms with Gasteiger partial charge in [-0.1, -0.05) is 17.7 Å². The topological polar surface area (TPSA) is 69.7 Å². The fourth-order valence-corrected chi connectivity index (χ4v) is 4.16. The Kier molecular flexibility index (Phi) is 6.34. The highest BCUT2D eigenvalue weighted by molar-refractivity contribution is 7.92. The van der Waals surface area contributed by atoms with Crippen molar-refractivity contribution < 1.29 is 13.2 Å². The maximum absolute atomic E-state index is 13.0. The zero-order valence-corrected chi connectivity index (χ0v) is 18.4. The van der Waals surface area contributed by atoms with E-state index >= 15 is 0 Å². The zero-order chi connectivity index (χ0) is 21.9. The number of benzene rings is 3. The Bertz CT molecular complexity index is 1150. The molecule has 8 heteroatoms. The Morgan fingerprint density at radius 3 is 2.07 bits per heavy atom. The molecule has 0 aliphatic carbocycles. The molecule has 0 saturated carbocycles. The lowest BCUT2D eigenvalue weighted by molar-refractivity contribution is 0.102.